The summed E-state index contributed by atoms with van der Waals surface area (Å²) in [6, 6.07) is 5.71. The first-order chi connectivity index (χ1) is 13.7. The summed E-state index contributed by atoms with van der Waals surface area (Å²) in [5.74, 6) is 1.14. The first kappa shape index (κ1) is 19.1. The van der Waals surface area contributed by atoms with Crippen molar-refractivity contribution in [2.24, 2.45) is 0 Å². The topological polar surface area (TPSA) is 80.2 Å². The van der Waals surface area contributed by atoms with Crippen molar-refractivity contribution in [2.75, 3.05) is 37.5 Å². The number of ether oxygens (including phenoxy) is 1. The van der Waals surface area contributed by atoms with Crippen LogP contribution in [0, 0.1) is 0 Å². The minimum atomic E-state index is -0.0684. The normalized spacial score (nSPS) is 20.3. The van der Waals surface area contributed by atoms with E-state index in [1.54, 1.807) is 12.3 Å². The Hall–Kier alpha value is -2.19. The van der Waals surface area contributed by atoms with Gasteiger partial charge in [0, 0.05) is 56.4 Å². The standard InChI is InChI=1S/C20H25N5O2S/c1-28-19-16(3-2-8-21-19)18(26)23-15-5-10-25(13-15)20-22-9-4-17(24-20)14-6-11-27-12-7-14/h2-4,8-9,14-15H,5-7,10-13H2,1H3,(H,23,26). The van der Waals surface area contributed by atoms with E-state index < -0.39 is 0 Å². The molecule has 1 unspecified atom stereocenters. The van der Waals surface area contributed by atoms with Crippen molar-refractivity contribution in [3.63, 3.8) is 0 Å². The van der Waals surface area contributed by atoms with Crippen LogP contribution < -0.4 is 10.2 Å². The number of amides is 1. The molecule has 0 bridgehead atoms. The summed E-state index contributed by atoms with van der Waals surface area (Å²) in [6.45, 7) is 3.16. The molecule has 1 atom stereocenters. The molecule has 4 heterocycles. The average molecular weight is 400 g/mol. The van der Waals surface area contributed by atoms with Gasteiger partial charge in [-0.25, -0.2) is 15.0 Å². The Balaban J connectivity index is 1.39. The number of carbonyl (C=O) groups excluding carboxylic acids is 1. The molecule has 0 spiro atoms. The average Bonchev–Trinajstić information content (AvgIpc) is 3.23. The maximum atomic E-state index is 12.7. The Bertz CT molecular complexity index is 828. The van der Waals surface area contributed by atoms with E-state index in [4.69, 9.17) is 9.72 Å². The predicted molar refractivity (Wildman–Crippen MR) is 109 cm³/mol. The number of rotatable bonds is 5. The Morgan fingerprint density at radius 1 is 1.21 bits per heavy atom. The monoisotopic (exact) mass is 399 g/mol. The van der Waals surface area contributed by atoms with Crippen LogP contribution in [0.5, 0.6) is 0 Å². The Labute approximate surface area is 169 Å². The lowest BCUT2D eigenvalue weighted by atomic mass is 9.96. The summed E-state index contributed by atoms with van der Waals surface area (Å²) in [6.07, 6.45) is 8.39. The molecule has 28 heavy (non-hydrogen) atoms. The molecule has 0 saturated carbocycles. The van der Waals surface area contributed by atoms with Gasteiger partial charge in [-0.05, 0) is 43.7 Å². The maximum Gasteiger partial charge on any atom is 0.254 e. The highest BCUT2D eigenvalue weighted by Gasteiger charge is 2.27. The molecule has 2 saturated heterocycles. The molecular weight excluding hydrogens is 374 g/mol. The number of nitrogens with zero attached hydrogens (tertiary/aromatic N) is 4. The van der Waals surface area contributed by atoms with Crippen molar-refractivity contribution < 1.29 is 9.53 Å². The minimum absolute atomic E-state index is 0.0684. The van der Waals surface area contributed by atoms with Gasteiger partial charge < -0.3 is 15.0 Å². The largest absolute Gasteiger partial charge is 0.381 e. The maximum absolute atomic E-state index is 12.7. The van der Waals surface area contributed by atoms with E-state index in [0.717, 1.165) is 62.2 Å². The molecule has 1 amide bonds. The van der Waals surface area contributed by atoms with E-state index in [1.165, 1.54) is 11.8 Å². The van der Waals surface area contributed by atoms with E-state index in [-0.39, 0.29) is 11.9 Å². The number of pyridine rings is 1. The van der Waals surface area contributed by atoms with Gasteiger partial charge in [-0.3, -0.25) is 4.79 Å². The lowest BCUT2D eigenvalue weighted by molar-refractivity contribution is 0.0845. The van der Waals surface area contributed by atoms with Crippen LogP contribution >= 0.6 is 11.8 Å². The fourth-order valence-electron chi connectivity index (χ4n) is 3.78. The number of nitrogens with one attached hydrogen (secondary N) is 1. The number of thioether (sulfide) groups is 1. The van der Waals surface area contributed by atoms with Crippen molar-refractivity contribution in [3.8, 4) is 0 Å². The molecule has 4 rings (SSSR count). The summed E-state index contributed by atoms with van der Waals surface area (Å²) >= 11 is 1.48. The summed E-state index contributed by atoms with van der Waals surface area (Å²) in [7, 11) is 0. The van der Waals surface area contributed by atoms with Gasteiger partial charge >= 0.3 is 0 Å². The highest BCUT2D eigenvalue weighted by atomic mass is 32.2. The van der Waals surface area contributed by atoms with Crippen LogP contribution in [0.3, 0.4) is 0 Å². The van der Waals surface area contributed by atoms with Crippen LogP contribution in [0.25, 0.3) is 0 Å². The first-order valence-electron chi connectivity index (χ1n) is 9.70. The smallest absolute Gasteiger partial charge is 0.254 e. The highest BCUT2D eigenvalue weighted by Crippen LogP contribution is 2.27. The number of hydrogen-bond acceptors (Lipinski definition) is 7. The van der Waals surface area contributed by atoms with Crippen LogP contribution in [-0.4, -0.2) is 59.5 Å². The van der Waals surface area contributed by atoms with Crippen molar-refractivity contribution in [1.29, 1.82) is 0 Å². The van der Waals surface area contributed by atoms with Gasteiger partial charge in [0.25, 0.3) is 5.91 Å². The molecule has 0 aliphatic carbocycles. The summed E-state index contributed by atoms with van der Waals surface area (Å²) in [4.78, 5) is 28.4. The second-order valence-corrected chi connectivity index (χ2v) is 7.93. The second kappa shape index (κ2) is 8.87. The molecule has 148 valence electrons. The molecule has 2 aliphatic rings. The molecule has 0 aromatic carbocycles. The minimum Gasteiger partial charge on any atom is -0.381 e. The van der Waals surface area contributed by atoms with Gasteiger partial charge in [0.15, 0.2) is 0 Å². The summed E-state index contributed by atoms with van der Waals surface area (Å²) in [5.41, 5.74) is 1.73. The quantitative estimate of drug-likeness (QED) is 0.774. The highest BCUT2D eigenvalue weighted by molar-refractivity contribution is 7.98. The molecule has 7 nitrogen and oxygen atoms in total. The van der Waals surface area contributed by atoms with E-state index in [9.17, 15) is 4.79 Å². The Morgan fingerprint density at radius 2 is 2.07 bits per heavy atom. The van der Waals surface area contributed by atoms with Gasteiger partial charge in [0.2, 0.25) is 5.95 Å². The van der Waals surface area contributed by atoms with Gasteiger partial charge in [0.05, 0.1) is 5.56 Å². The predicted octanol–water partition coefficient (Wildman–Crippen LogP) is 2.50. The van der Waals surface area contributed by atoms with E-state index in [0.29, 0.717) is 11.5 Å². The molecule has 0 radical (unpaired) electrons. The van der Waals surface area contributed by atoms with Crippen LogP contribution in [0.1, 0.15) is 41.2 Å². The third-order valence-corrected chi connectivity index (χ3v) is 6.03. The van der Waals surface area contributed by atoms with Crippen molar-refractivity contribution >= 4 is 23.6 Å². The zero-order valence-electron chi connectivity index (χ0n) is 16.0. The van der Waals surface area contributed by atoms with E-state index in [1.807, 2.05) is 24.6 Å². The van der Waals surface area contributed by atoms with Crippen molar-refractivity contribution in [3.05, 3.63) is 41.9 Å². The fourth-order valence-corrected chi connectivity index (χ4v) is 4.33. The molecular formula is C20H25N5O2S. The van der Waals surface area contributed by atoms with Gasteiger partial charge in [-0.1, -0.05) is 0 Å². The zero-order valence-corrected chi connectivity index (χ0v) is 16.8. The molecule has 8 heteroatoms. The molecule has 2 fully saturated rings. The second-order valence-electron chi connectivity index (χ2n) is 7.13. The molecule has 2 aromatic rings. The number of aromatic nitrogens is 3. The Morgan fingerprint density at radius 3 is 2.89 bits per heavy atom. The first-order valence-corrected chi connectivity index (χ1v) is 10.9. The number of hydrogen-bond donors (Lipinski definition) is 1. The SMILES string of the molecule is CSc1ncccc1C(=O)NC1CCN(c2nccc(C3CCOCC3)n2)C1. The molecule has 1 N–H and O–H groups in total. The number of carbonyl (C=O) groups is 1. The zero-order chi connectivity index (χ0) is 19.3. The van der Waals surface area contributed by atoms with Crippen LogP contribution in [0.2, 0.25) is 0 Å². The third-order valence-electron chi connectivity index (χ3n) is 5.32. The van der Waals surface area contributed by atoms with Gasteiger partial charge in [0.1, 0.15) is 5.03 Å². The van der Waals surface area contributed by atoms with E-state index in [2.05, 4.69) is 20.2 Å². The lowest BCUT2D eigenvalue weighted by Crippen LogP contribution is -2.37. The Kier molecular flexibility index (Phi) is 6.07. The van der Waals surface area contributed by atoms with Crippen molar-refractivity contribution in [1.82, 2.24) is 20.3 Å². The van der Waals surface area contributed by atoms with E-state index >= 15 is 0 Å². The lowest BCUT2D eigenvalue weighted by Gasteiger charge is -2.23. The van der Waals surface area contributed by atoms with Crippen LogP contribution in [0.15, 0.2) is 35.6 Å². The third kappa shape index (κ3) is 4.28. The fraction of sp³-hybridized carbons (Fsp3) is 0.500. The van der Waals surface area contributed by atoms with Crippen LogP contribution in [0.4, 0.5) is 5.95 Å². The molecule has 2 aliphatic heterocycles. The summed E-state index contributed by atoms with van der Waals surface area (Å²) in [5, 5.41) is 3.89. The van der Waals surface area contributed by atoms with Gasteiger partial charge in [-0.2, -0.15) is 0 Å². The summed E-state index contributed by atoms with van der Waals surface area (Å²) < 4.78 is 5.46. The molecule has 2 aromatic heterocycles. The van der Waals surface area contributed by atoms with Crippen LogP contribution in [-0.2, 0) is 4.74 Å². The van der Waals surface area contributed by atoms with Crippen molar-refractivity contribution in [2.45, 2.75) is 36.2 Å². The van der Waals surface area contributed by atoms with Gasteiger partial charge in [-0.15, -0.1) is 11.8 Å². The number of anilines is 1.